The second kappa shape index (κ2) is 10.4. The highest BCUT2D eigenvalue weighted by Gasteiger charge is 2.31. The van der Waals surface area contributed by atoms with Crippen LogP contribution in [0.2, 0.25) is 0 Å². The molecule has 0 fully saturated rings. The van der Waals surface area contributed by atoms with E-state index in [1.54, 1.807) is 42.5 Å². The van der Waals surface area contributed by atoms with Crippen LogP contribution in [0.5, 0.6) is 0 Å². The van der Waals surface area contributed by atoms with E-state index >= 15 is 0 Å². The topological polar surface area (TPSA) is 86.1 Å². The molecule has 0 aliphatic carbocycles. The lowest BCUT2D eigenvalue weighted by Crippen LogP contribution is -2.23. The molecule has 3 aromatic heterocycles. The van der Waals surface area contributed by atoms with Gasteiger partial charge in [0.05, 0.1) is 30.3 Å². The normalized spacial score (nSPS) is 11.5. The fraction of sp³-hybridized carbons (Fsp3) is 0.115. The molecule has 37 heavy (non-hydrogen) atoms. The van der Waals surface area contributed by atoms with Crippen molar-refractivity contribution in [3.05, 3.63) is 108 Å². The monoisotopic (exact) mass is 524 g/mol. The maximum absolute atomic E-state index is 13.4. The molecular formula is C26H19F3N4O3S. The fourth-order valence-electron chi connectivity index (χ4n) is 3.67. The Kier molecular flexibility index (Phi) is 6.87. The number of aromatic nitrogens is 3. The molecule has 0 spiro atoms. The van der Waals surface area contributed by atoms with Crippen molar-refractivity contribution in [2.75, 3.05) is 0 Å². The number of hydrogen-bond acceptors (Lipinski definition) is 6. The van der Waals surface area contributed by atoms with Crippen molar-refractivity contribution in [2.24, 2.45) is 0 Å². The fourth-order valence-corrected chi connectivity index (χ4v) is 4.62. The number of nitrogens with zero attached hydrogens (tertiary/aromatic N) is 3. The van der Waals surface area contributed by atoms with Gasteiger partial charge < -0.3 is 14.2 Å². The van der Waals surface area contributed by atoms with Gasteiger partial charge >= 0.3 is 6.18 Å². The minimum atomic E-state index is -4.51. The Labute approximate surface area is 213 Å². The van der Waals surface area contributed by atoms with Crippen LogP contribution in [-0.2, 0) is 18.5 Å². The molecule has 11 heteroatoms. The summed E-state index contributed by atoms with van der Waals surface area (Å²) >= 11 is 1.24. The van der Waals surface area contributed by atoms with Gasteiger partial charge in [-0.05, 0) is 54.1 Å². The van der Waals surface area contributed by atoms with Gasteiger partial charge in [0.1, 0.15) is 5.76 Å². The van der Waals surface area contributed by atoms with Gasteiger partial charge in [0.25, 0.3) is 5.91 Å². The number of carbonyl (C=O) groups is 1. The summed E-state index contributed by atoms with van der Waals surface area (Å²) in [6.45, 7) is 0.240. The smallest absolute Gasteiger partial charge is 0.416 e. The first-order valence-corrected chi connectivity index (χ1v) is 12.1. The number of carbonyl (C=O) groups excluding carboxylic acids is 1. The molecule has 1 N–H and O–H groups in total. The average molecular weight is 525 g/mol. The molecule has 0 bridgehead atoms. The zero-order valence-corrected chi connectivity index (χ0v) is 19.9. The summed E-state index contributed by atoms with van der Waals surface area (Å²) < 4.78 is 52.5. The number of amides is 1. The van der Waals surface area contributed by atoms with Gasteiger partial charge in [-0.25, -0.2) is 0 Å². The molecule has 7 nitrogen and oxygen atoms in total. The highest BCUT2D eigenvalue weighted by molar-refractivity contribution is 7.98. The molecule has 188 valence electrons. The lowest BCUT2D eigenvalue weighted by Gasteiger charge is -2.13. The number of benzene rings is 2. The molecule has 0 saturated carbocycles. The standard InChI is InChI=1S/C26H19F3N4O3S/c27-26(28,29)18-7-3-8-19(14-18)33-23(22-11-5-13-36-22)31-32-25(33)37-16-17-6-1-2-10-21(17)24(34)30-15-20-9-4-12-35-20/h1-14H,15-16H2,(H,30,34). The number of furan rings is 2. The van der Waals surface area contributed by atoms with Crippen molar-refractivity contribution in [3.8, 4) is 17.3 Å². The Bertz CT molecular complexity index is 1500. The van der Waals surface area contributed by atoms with Crippen molar-refractivity contribution in [2.45, 2.75) is 23.6 Å². The Hall–Kier alpha value is -4.25. The Morgan fingerprint density at radius 3 is 2.51 bits per heavy atom. The van der Waals surface area contributed by atoms with Gasteiger partial charge in [-0.1, -0.05) is 36.0 Å². The zero-order valence-electron chi connectivity index (χ0n) is 19.1. The summed E-state index contributed by atoms with van der Waals surface area (Å²) in [7, 11) is 0. The van der Waals surface area contributed by atoms with Crippen molar-refractivity contribution in [3.63, 3.8) is 0 Å². The number of hydrogen-bond donors (Lipinski definition) is 1. The maximum atomic E-state index is 13.4. The van der Waals surface area contributed by atoms with Crippen LogP contribution >= 0.6 is 11.8 Å². The van der Waals surface area contributed by atoms with E-state index in [1.165, 1.54) is 34.9 Å². The van der Waals surface area contributed by atoms with E-state index in [2.05, 4.69) is 15.5 Å². The molecule has 0 saturated heterocycles. The third-order valence-electron chi connectivity index (χ3n) is 5.43. The Balaban J connectivity index is 1.43. The van der Waals surface area contributed by atoms with Crippen LogP contribution in [0.15, 0.2) is 99.3 Å². The van der Waals surface area contributed by atoms with Crippen LogP contribution < -0.4 is 5.32 Å². The van der Waals surface area contributed by atoms with E-state index in [9.17, 15) is 18.0 Å². The number of rotatable bonds is 8. The van der Waals surface area contributed by atoms with Crippen LogP contribution in [0.4, 0.5) is 13.2 Å². The Morgan fingerprint density at radius 2 is 1.76 bits per heavy atom. The molecule has 0 aliphatic rings. The first-order chi connectivity index (χ1) is 17.9. The predicted octanol–water partition coefficient (Wildman–Crippen LogP) is 6.36. The summed E-state index contributed by atoms with van der Waals surface area (Å²) in [5.74, 6) is 1.29. The van der Waals surface area contributed by atoms with Crippen LogP contribution in [0, 0.1) is 0 Å². The summed E-state index contributed by atoms with van der Waals surface area (Å²) in [5.41, 5.74) is 0.636. The Morgan fingerprint density at radius 1 is 0.946 bits per heavy atom. The van der Waals surface area contributed by atoms with E-state index in [-0.39, 0.29) is 24.0 Å². The average Bonchev–Trinajstić information content (AvgIpc) is 3.67. The molecule has 5 aromatic rings. The third kappa shape index (κ3) is 5.46. The van der Waals surface area contributed by atoms with Crippen LogP contribution in [0.3, 0.4) is 0 Å². The molecular weight excluding hydrogens is 505 g/mol. The maximum Gasteiger partial charge on any atom is 0.416 e. The molecule has 1 amide bonds. The lowest BCUT2D eigenvalue weighted by molar-refractivity contribution is -0.137. The van der Waals surface area contributed by atoms with E-state index in [4.69, 9.17) is 8.83 Å². The predicted molar refractivity (Wildman–Crippen MR) is 130 cm³/mol. The molecule has 0 atom stereocenters. The lowest BCUT2D eigenvalue weighted by atomic mass is 10.1. The minimum absolute atomic E-state index is 0.234. The number of nitrogens with one attached hydrogen (secondary N) is 1. The highest BCUT2D eigenvalue weighted by atomic mass is 32.2. The quantitative estimate of drug-likeness (QED) is 0.238. The second-order valence-electron chi connectivity index (χ2n) is 7.87. The SMILES string of the molecule is O=C(NCc1ccco1)c1ccccc1CSc1nnc(-c2ccco2)n1-c1cccc(C(F)(F)F)c1. The van der Waals surface area contributed by atoms with Gasteiger partial charge in [0, 0.05) is 11.3 Å². The van der Waals surface area contributed by atoms with Crippen LogP contribution in [-0.4, -0.2) is 20.7 Å². The van der Waals surface area contributed by atoms with E-state index in [0.717, 1.165) is 17.7 Å². The van der Waals surface area contributed by atoms with Crippen molar-refractivity contribution in [1.29, 1.82) is 0 Å². The number of halogens is 3. The van der Waals surface area contributed by atoms with E-state index < -0.39 is 11.7 Å². The van der Waals surface area contributed by atoms with Crippen molar-refractivity contribution in [1.82, 2.24) is 20.1 Å². The summed E-state index contributed by atoms with van der Waals surface area (Å²) in [4.78, 5) is 12.8. The summed E-state index contributed by atoms with van der Waals surface area (Å²) in [6.07, 6.45) is -1.53. The first-order valence-electron chi connectivity index (χ1n) is 11.1. The molecule has 0 unspecified atom stereocenters. The van der Waals surface area contributed by atoms with Crippen LogP contribution in [0.25, 0.3) is 17.3 Å². The van der Waals surface area contributed by atoms with Gasteiger partial charge in [-0.2, -0.15) is 13.2 Å². The highest BCUT2D eigenvalue weighted by Crippen LogP contribution is 2.34. The van der Waals surface area contributed by atoms with Gasteiger partial charge in [-0.15, -0.1) is 10.2 Å². The zero-order chi connectivity index (χ0) is 25.8. The van der Waals surface area contributed by atoms with E-state index in [0.29, 0.717) is 28.0 Å². The molecule has 2 aromatic carbocycles. The van der Waals surface area contributed by atoms with Crippen LogP contribution in [0.1, 0.15) is 27.2 Å². The minimum Gasteiger partial charge on any atom is -0.467 e. The largest absolute Gasteiger partial charge is 0.467 e. The third-order valence-corrected chi connectivity index (χ3v) is 6.41. The van der Waals surface area contributed by atoms with E-state index in [1.807, 2.05) is 12.1 Å². The van der Waals surface area contributed by atoms with Crippen molar-refractivity contribution >= 4 is 17.7 Å². The summed E-state index contributed by atoms with van der Waals surface area (Å²) in [5, 5.41) is 11.6. The van der Waals surface area contributed by atoms with Gasteiger partial charge in [0.15, 0.2) is 10.9 Å². The molecule has 5 rings (SSSR count). The molecule has 3 heterocycles. The van der Waals surface area contributed by atoms with Gasteiger partial charge in [0.2, 0.25) is 5.82 Å². The number of alkyl halides is 3. The molecule has 0 aliphatic heterocycles. The summed E-state index contributed by atoms with van der Waals surface area (Å²) in [6, 6.07) is 18.8. The second-order valence-corrected chi connectivity index (χ2v) is 8.82. The first kappa shape index (κ1) is 24.4. The molecule has 0 radical (unpaired) electrons. The number of thioether (sulfide) groups is 1. The van der Waals surface area contributed by atoms with Crippen molar-refractivity contribution < 1.29 is 26.8 Å². The van der Waals surface area contributed by atoms with Gasteiger partial charge in [-0.3, -0.25) is 9.36 Å².